The van der Waals surface area contributed by atoms with E-state index in [2.05, 4.69) is 6.58 Å². The lowest BCUT2D eigenvalue weighted by atomic mass is 9.98. The van der Waals surface area contributed by atoms with Crippen LogP contribution in [0.1, 0.15) is 23.6 Å². The second kappa shape index (κ2) is 4.09. The van der Waals surface area contributed by atoms with E-state index in [1.165, 1.54) is 6.92 Å². The number of benzene rings is 1. The van der Waals surface area contributed by atoms with Gasteiger partial charge in [-0.1, -0.05) is 12.2 Å². The van der Waals surface area contributed by atoms with Gasteiger partial charge in [0.1, 0.15) is 0 Å². The Labute approximate surface area is 93.6 Å². The first-order valence-corrected chi connectivity index (χ1v) is 4.48. The maximum Gasteiger partial charge on any atom is 0.416 e. The minimum atomic E-state index is -4.70. The lowest BCUT2D eigenvalue weighted by Gasteiger charge is -2.15. The fourth-order valence-electron chi connectivity index (χ4n) is 1.32. The molecular weight excluding hydrogens is 246 g/mol. The molecule has 94 valence electrons. The molecule has 0 fully saturated rings. The Kier molecular flexibility index (Phi) is 3.27. The molecule has 0 aliphatic carbocycles. The molecule has 0 N–H and O–H groups in total. The minimum absolute atomic E-state index is 0.0663. The smallest absolute Gasteiger partial charge is 0.166 e. The average molecular weight is 254 g/mol. The Bertz CT molecular complexity index is 438. The zero-order valence-electron chi connectivity index (χ0n) is 8.71. The molecular formula is C11H8F6. The van der Waals surface area contributed by atoms with Crippen molar-refractivity contribution in [2.75, 3.05) is 0 Å². The first-order valence-electron chi connectivity index (χ1n) is 4.48. The topological polar surface area (TPSA) is 0 Å². The summed E-state index contributed by atoms with van der Waals surface area (Å²) < 4.78 is 74.6. The summed E-state index contributed by atoms with van der Waals surface area (Å²) in [7, 11) is 0. The highest BCUT2D eigenvalue weighted by molar-refractivity contribution is 5.66. The number of hydrogen-bond acceptors (Lipinski definition) is 0. The number of halogens is 6. The normalized spacial score (nSPS) is 12.6. The van der Waals surface area contributed by atoms with E-state index in [-0.39, 0.29) is 5.57 Å². The molecule has 0 aliphatic rings. The predicted molar refractivity (Wildman–Crippen MR) is 51.2 cm³/mol. The van der Waals surface area contributed by atoms with E-state index in [0.717, 1.165) is 0 Å². The van der Waals surface area contributed by atoms with Gasteiger partial charge >= 0.3 is 12.4 Å². The molecule has 0 heterocycles. The van der Waals surface area contributed by atoms with Gasteiger partial charge in [-0.15, -0.1) is 0 Å². The van der Waals surface area contributed by atoms with E-state index in [0.29, 0.717) is 18.2 Å². The third kappa shape index (κ3) is 3.01. The van der Waals surface area contributed by atoms with Crippen LogP contribution in [0.2, 0.25) is 0 Å². The highest BCUT2D eigenvalue weighted by Crippen LogP contribution is 2.38. The second-order valence-electron chi connectivity index (χ2n) is 3.54. The summed E-state index contributed by atoms with van der Waals surface area (Å²) in [6, 6.07) is 1.30. The van der Waals surface area contributed by atoms with E-state index in [1.54, 1.807) is 0 Å². The van der Waals surface area contributed by atoms with Gasteiger partial charge in [-0.3, -0.25) is 0 Å². The second-order valence-corrected chi connectivity index (χ2v) is 3.54. The molecule has 0 saturated carbocycles. The zero-order valence-corrected chi connectivity index (χ0v) is 8.71. The molecule has 0 atom stereocenters. The Balaban J connectivity index is 3.43. The molecule has 0 aromatic heterocycles. The zero-order chi connectivity index (χ0) is 13.4. The van der Waals surface area contributed by atoms with Crippen LogP contribution in [0.4, 0.5) is 26.3 Å². The quantitative estimate of drug-likeness (QED) is 0.634. The number of hydrogen-bond donors (Lipinski definition) is 0. The molecule has 1 aromatic rings. The molecule has 1 rings (SSSR count). The summed E-state index contributed by atoms with van der Waals surface area (Å²) in [4.78, 5) is 0. The summed E-state index contributed by atoms with van der Waals surface area (Å²) in [6.07, 6.45) is -9.37. The summed E-state index contributed by atoms with van der Waals surface area (Å²) in [6.45, 7) is 4.48. The third-order valence-corrected chi connectivity index (χ3v) is 2.11. The highest BCUT2D eigenvalue weighted by Gasteiger charge is 2.36. The largest absolute Gasteiger partial charge is 0.416 e. The molecule has 0 saturated heterocycles. The monoisotopic (exact) mass is 254 g/mol. The Morgan fingerprint density at radius 1 is 1.00 bits per heavy atom. The van der Waals surface area contributed by atoms with Crippen LogP contribution < -0.4 is 0 Å². The van der Waals surface area contributed by atoms with Gasteiger partial charge in [0.05, 0.1) is 11.1 Å². The van der Waals surface area contributed by atoms with Crippen LogP contribution in [-0.2, 0) is 12.4 Å². The van der Waals surface area contributed by atoms with Gasteiger partial charge in [-0.05, 0) is 30.7 Å². The molecule has 0 unspecified atom stereocenters. The Hall–Kier alpha value is -1.46. The molecule has 0 aliphatic heterocycles. The van der Waals surface area contributed by atoms with Crippen molar-refractivity contribution in [2.45, 2.75) is 19.3 Å². The first kappa shape index (κ1) is 13.6. The van der Waals surface area contributed by atoms with Gasteiger partial charge in [0, 0.05) is 0 Å². The van der Waals surface area contributed by atoms with Crippen molar-refractivity contribution >= 4 is 5.57 Å². The van der Waals surface area contributed by atoms with Crippen molar-refractivity contribution in [3.8, 4) is 0 Å². The van der Waals surface area contributed by atoms with Gasteiger partial charge in [0.25, 0.3) is 0 Å². The number of alkyl halides is 6. The van der Waals surface area contributed by atoms with Crippen molar-refractivity contribution in [2.24, 2.45) is 0 Å². The van der Waals surface area contributed by atoms with E-state index in [1.807, 2.05) is 0 Å². The first-order chi connectivity index (χ1) is 7.53. The molecule has 0 amide bonds. The van der Waals surface area contributed by atoms with Crippen molar-refractivity contribution in [1.29, 1.82) is 0 Å². The Morgan fingerprint density at radius 3 is 1.88 bits per heavy atom. The van der Waals surface area contributed by atoms with E-state index >= 15 is 0 Å². The van der Waals surface area contributed by atoms with Gasteiger partial charge in [-0.25, -0.2) is 0 Å². The van der Waals surface area contributed by atoms with Gasteiger partial charge in [-0.2, -0.15) is 26.3 Å². The van der Waals surface area contributed by atoms with Gasteiger partial charge < -0.3 is 0 Å². The highest BCUT2D eigenvalue weighted by atomic mass is 19.4. The summed E-state index contributed by atoms with van der Waals surface area (Å²) in [5, 5.41) is 0. The third-order valence-electron chi connectivity index (χ3n) is 2.11. The number of rotatable bonds is 1. The van der Waals surface area contributed by atoms with Gasteiger partial charge in [0.15, 0.2) is 0 Å². The van der Waals surface area contributed by atoms with Crippen LogP contribution in [0.3, 0.4) is 0 Å². The minimum Gasteiger partial charge on any atom is -0.166 e. The van der Waals surface area contributed by atoms with Gasteiger partial charge in [0.2, 0.25) is 0 Å². The van der Waals surface area contributed by atoms with E-state index in [4.69, 9.17) is 0 Å². The molecule has 0 nitrogen and oxygen atoms in total. The summed E-state index contributed by atoms with van der Waals surface area (Å²) in [5.41, 5.74) is -2.84. The van der Waals surface area contributed by atoms with E-state index in [9.17, 15) is 26.3 Å². The van der Waals surface area contributed by atoms with Crippen LogP contribution in [0.15, 0.2) is 24.8 Å². The summed E-state index contributed by atoms with van der Waals surface area (Å²) >= 11 is 0. The Morgan fingerprint density at radius 2 is 1.53 bits per heavy atom. The average Bonchev–Trinajstić information content (AvgIpc) is 2.14. The molecule has 0 radical (unpaired) electrons. The lowest BCUT2D eigenvalue weighted by molar-refractivity contribution is -0.141. The summed E-state index contributed by atoms with van der Waals surface area (Å²) in [5.74, 6) is 0. The van der Waals surface area contributed by atoms with Crippen molar-refractivity contribution in [3.05, 3.63) is 41.5 Å². The van der Waals surface area contributed by atoms with E-state index < -0.39 is 29.0 Å². The maximum absolute atomic E-state index is 12.5. The maximum atomic E-state index is 12.5. The lowest BCUT2D eigenvalue weighted by Crippen LogP contribution is -2.12. The van der Waals surface area contributed by atoms with Crippen molar-refractivity contribution in [1.82, 2.24) is 0 Å². The van der Waals surface area contributed by atoms with Crippen LogP contribution in [-0.4, -0.2) is 0 Å². The number of allylic oxidation sites excluding steroid dienone is 1. The molecule has 1 aromatic carbocycles. The fraction of sp³-hybridized carbons (Fsp3) is 0.273. The molecule has 6 heteroatoms. The SMILES string of the molecule is C=C(C)c1cc(C(F)(F)F)ccc1C(F)(F)F. The van der Waals surface area contributed by atoms with Crippen molar-refractivity contribution in [3.63, 3.8) is 0 Å². The van der Waals surface area contributed by atoms with Crippen LogP contribution in [0, 0.1) is 0 Å². The molecule has 17 heavy (non-hydrogen) atoms. The van der Waals surface area contributed by atoms with Crippen LogP contribution in [0.5, 0.6) is 0 Å². The fourth-order valence-corrected chi connectivity index (χ4v) is 1.32. The van der Waals surface area contributed by atoms with Crippen LogP contribution >= 0.6 is 0 Å². The van der Waals surface area contributed by atoms with Crippen LogP contribution in [0.25, 0.3) is 5.57 Å². The molecule has 0 spiro atoms. The van der Waals surface area contributed by atoms with Crippen molar-refractivity contribution < 1.29 is 26.3 Å². The standard InChI is InChI=1S/C11H8F6/c1-6(2)8-5-7(10(12,13)14)3-4-9(8)11(15,16)17/h3-5H,1H2,2H3. The predicted octanol–water partition coefficient (Wildman–Crippen LogP) is 4.76. The molecule has 0 bridgehead atoms.